The molecule has 1 unspecified atom stereocenters. The Morgan fingerprint density at radius 1 is 1.26 bits per heavy atom. The maximum absolute atomic E-state index is 11.9. The molecule has 7 nitrogen and oxygen atoms in total. The van der Waals surface area contributed by atoms with Crippen molar-refractivity contribution in [2.24, 2.45) is 0 Å². The predicted octanol–water partition coefficient (Wildman–Crippen LogP) is 5.22. The van der Waals surface area contributed by atoms with Crippen LogP contribution in [0.1, 0.15) is 42.6 Å². The molecule has 0 bridgehead atoms. The highest BCUT2D eigenvalue weighted by Gasteiger charge is 2.29. The first-order valence-corrected chi connectivity index (χ1v) is 10.7. The summed E-state index contributed by atoms with van der Waals surface area (Å²) in [6, 6.07) is 9.63. The minimum Gasteiger partial charge on any atom is -0.466 e. The molecule has 1 aliphatic rings. The summed E-state index contributed by atoms with van der Waals surface area (Å²) in [5.41, 5.74) is 5.82. The summed E-state index contributed by atoms with van der Waals surface area (Å²) in [6.45, 7) is 4.10. The van der Waals surface area contributed by atoms with E-state index in [1.54, 1.807) is 6.07 Å². The van der Waals surface area contributed by atoms with Crippen LogP contribution < -0.4 is 0 Å². The van der Waals surface area contributed by atoms with Crippen molar-refractivity contribution in [1.29, 1.82) is 0 Å². The second kappa shape index (κ2) is 7.81. The van der Waals surface area contributed by atoms with Gasteiger partial charge in [-0.25, -0.2) is 4.98 Å². The molecule has 3 heterocycles. The highest BCUT2D eigenvalue weighted by atomic mass is 35.5. The number of halogens is 1. The molecule has 0 amide bonds. The Bertz CT molecular complexity index is 1270. The molecule has 31 heavy (non-hydrogen) atoms. The number of aromatic amines is 1. The number of hydrogen-bond acceptors (Lipinski definition) is 6. The van der Waals surface area contributed by atoms with Gasteiger partial charge in [-0.1, -0.05) is 16.8 Å². The molecule has 1 atom stereocenters. The van der Waals surface area contributed by atoms with Gasteiger partial charge in [-0.15, -0.1) is 0 Å². The van der Waals surface area contributed by atoms with E-state index >= 15 is 0 Å². The Morgan fingerprint density at radius 3 is 2.94 bits per heavy atom. The number of ether oxygens (including phenoxy) is 1. The zero-order valence-corrected chi connectivity index (χ0v) is 18.0. The second-order valence-electron chi connectivity index (χ2n) is 7.77. The van der Waals surface area contributed by atoms with E-state index in [-0.39, 0.29) is 11.9 Å². The van der Waals surface area contributed by atoms with Crippen molar-refractivity contribution in [3.8, 4) is 22.8 Å². The van der Waals surface area contributed by atoms with Crippen molar-refractivity contribution in [1.82, 2.24) is 20.1 Å². The third kappa shape index (κ3) is 3.70. The number of nitrogens with zero attached hydrogens (tertiary/aromatic N) is 3. The average molecular weight is 437 g/mol. The fourth-order valence-electron chi connectivity index (χ4n) is 4.32. The summed E-state index contributed by atoms with van der Waals surface area (Å²) in [6.07, 6.45) is 2.27. The molecule has 0 fully saturated rings. The predicted molar refractivity (Wildman–Crippen MR) is 117 cm³/mol. The van der Waals surface area contributed by atoms with Gasteiger partial charge in [0.25, 0.3) is 5.89 Å². The molecular formula is C23H21ClN4O3. The van der Waals surface area contributed by atoms with Gasteiger partial charge in [0.05, 0.1) is 13.0 Å². The van der Waals surface area contributed by atoms with E-state index in [2.05, 4.69) is 26.2 Å². The van der Waals surface area contributed by atoms with Crippen LogP contribution >= 0.6 is 11.6 Å². The summed E-state index contributed by atoms with van der Waals surface area (Å²) in [4.78, 5) is 24.2. The molecule has 0 radical (unpaired) electrons. The number of rotatable bonds is 5. The molecule has 1 aromatic carbocycles. The number of H-pyrrole nitrogens is 1. The largest absolute Gasteiger partial charge is 0.466 e. The van der Waals surface area contributed by atoms with Gasteiger partial charge in [-0.05, 0) is 62.6 Å². The highest BCUT2D eigenvalue weighted by molar-refractivity contribution is 6.29. The zero-order chi connectivity index (χ0) is 21.5. The van der Waals surface area contributed by atoms with E-state index in [1.165, 1.54) is 5.56 Å². The lowest BCUT2D eigenvalue weighted by atomic mass is 10.0. The van der Waals surface area contributed by atoms with Crippen LogP contribution in [0.2, 0.25) is 5.15 Å². The number of nitrogens with one attached hydrogen (secondary N) is 1. The smallest absolute Gasteiger partial charge is 0.306 e. The maximum atomic E-state index is 11.9. The zero-order valence-electron chi connectivity index (χ0n) is 17.2. The van der Waals surface area contributed by atoms with Gasteiger partial charge >= 0.3 is 5.97 Å². The third-order valence-electron chi connectivity index (χ3n) is 5.66. The van der Waals surface area contributed by atoms with E-state index in [0.717, 1.165) is 46.3 Å². The number of carbonyl (C=O) groups excluding carboxylic acids is 1. The van der Waals surface area contributed by atoms with E-state index in [4.69, 9.17) is 20.9 Å². The topological polar surface area (TPSA) is 93.9 Å². The Morgan fingerprint density at radius 2 is 2.13 bits per heavy atom. The molecule has 1 N–H and O–H groups in total. The number of carbonyl (C=O) groups is 1. The van der Waals surface area contributed by atoms with Gasteiger partial charge in [0.1, 0.15) is 5.15 Å². The van der Waals surface area contributed by atoms with Gasteiger partial charge in [0.2, 0.25) is 5.82 Å². The van der Waals surface area contributed by atoms with Crippen LogP contribution in [0.4, 0.5) is 0 Å². The number of aromatic nitrogens is 4. The fraction of sp³-hybridized carbons (Fsp3) is 0.304. The Labute approximate surface area is 183 Å². The molecule has 1 aliphatic carbocycles. The highest BCUT2D eigenvalue weighted by Crippen LogP contribution is 2.40. The number of fused-ring (bicyclic) bond motifs is 3. The standard InChI is InChI=1S/C23H21ClN4O3/c1-3-30-20(29)11-13-4-6-16-17-9-14(5-7-18(17)26-21(13)16)22-27-23(31-28-22)15-8-12(2)25-19(24)10-15/h5,7-10,13,26H,3-4,6,11H2,1-2H3. The monoisotopic (exact) mass is 436 g/mol. The molecule has 3 aromatic heterocycles. The van der Waals surface area contributed by atoms with Crippen molar-refractivity contribution in [2.75, 3.05) is 6.61 Å². The first-order valence-electron chi connectivity index (χ1n) is 10.3. The molecule has 5 rings (SSSR count). The van der Waals surface area contributed by atoms with E-state index in [1.807, 2.05) is 32.0 Å². The van der Waals surface area contributed by atoms with Crippen molar-refractivity contribution in [2.45, 2.75) is 39.0 Å². The normalized spacial score (nSPS) is 15.4. The minimum absolute atomic E-state index is 0.148. The molecule has 0 aliphatic heterocycles. The van der Waals surface area contributed by atoms with Gasteiger partial charge in [0.15, 0.2) is 0 Å². The van der Waals surface area contributed by atoms with Crippen molar-refractivity contribution in [3.05, 3.63) is 52.4 Å². The molecule has 0 saturated heterocycles. The number of hydrogen-bond donors (Lipinski definition) is 1. The Balaban J connectivity index is 1.46. The first kappa shape index (κ1) is 19.8. The quantitative estimate of drug-likeness (QED) is 0.340. The Hall–Kier alpha value is -3.19. The van der Waals surface area contributed by atoms with E-state index in [0.29, 0.717) is 29.9 Å². The van der Waals surface area contributed by atoms with Crippen LogP contribution in [0.5, 0.6) is 0 Å². The SMILES string of the molecule is CCOC(=O)CC1CCc2c1[nH]c1ccc(-c3noc(-c4cc(C)nc(Cl)c4)n3)cc21. The summed E-state index contributed by atoms with van der Waals surface area (Å²) in [7, 11) is 0. The number of esters is 1. The van der Waals surface area contributed by atoms with Gasteiger partial charge < -0.3 is 14.2 Å². The lowest BCUT2D eigenvalue weighted by Crippen LogP contribution is -2.08. The molecule has 0 saturated carbocycles. The number of pyridine rings is 1. The third-order valence-corrected chi connectivity index (χ3v) is 5.86. The van der Waals surface area contributed by atoms with Crippen LogP contribution in [-0.2, 0) is 16.0 Å². The van der Waals surface area contributed by atoms with Crippen LogP contribution in [0.3, 0.4) is 0 Å². The number of aryl methyl sites for hydroxylation is 2. The van der Waals surface area contributed by atoms with Crippen LogP contribution in [0.15, 0.2) is 34.9 Å². The van der Waals surface area contributed by atoms with Gasteiger partial charge in [-0.2, -0.15) is 4.98 Å². The van der Waals surface area contributed by atoms with Crippen molar-refractivity contribution >= 4 is 28.5 Å². The fourth-order valence-corrected chi connectivity index (χ4v) is 4.57. The van der Waals surface area contributed by atoms with Crippen LogP contribution in [-0.4, -0.2) is 32.7 Å². The summed E-state index contributed by atoms with van der Waals surface area (Å²) in [5, 5.41) is 5.68. The van der Waals surface area contributed by atoms with Crippen molar-refractivity contribution < 1.29 is 14.1 Å². The maximum Gasteiger partial charge on any atom is 0.306 e. The average Bonchev–Trinajstić information content (AvgIpc) is 3.43. The minimum atomic E-state index is -0.148. The van der Waals surface area contributed by atoms with Gasteiger partial charge in [0, 0.05) is 39.3 Å². The van der Waals surface area contributed by atoms with Crippen LogP contribution in [0, 0.1) is 6.92 Å². The molecule has 0 spiro atoms. The molecular weight excluding hydrogens is 416 g/mol. The lowest BCUT2D eigenvalue weighted by Gasteiger charge is -2.08. The van der Waals surface area contributed by atoms with Crippen LogP contribution in [0.25, 0.3) is 33.7 Å². The number of benzene rings is 1. The Kier molecular flexibility index (Phi) is 4.98. The van der Waals surface area contributed by atoms with Gasteiger partial charge in [-0.3, -0.25) is 4.79 Å². The molecule has 4 aromatic rings. The summed E-state index contributed by atoms with van der Waals surface area (Å²) >= 11 is 6.06. The first-order chi connectivity index (χ1) is 15.0. The van der Waals surface area contributed by atoms with Crippen molar-refractivity contribution in [3.63, 3.8) is 0 Å². The molecule has 8 heteroatoms. The second-order valence-corrected chi connectivity index (χ2v) is 8.15. The summed E-state index contributed by atoms with van der Waals surface area (Å²) < 4.78 is 10.6. The van der Waals surface area contributed by atoms with E-state index in [9.17, 15) is 4.79 Å². The molecule has 158 valence electrons. The summed E-state index contributed by atoms with van der Waals surface area (Å²) in [5.74, 6) is 0.932. The lowest BCUT2D eigenvalue weighted by molar-refractivity contribution is -0.143. The van der Waals surface area contributed by atoms with E-state index < -0.39 is 0 Å².